The molecule has 0 aliphatic heterocycles. The molecule has 0 amide bonds. The maximum Gasteiger partial charge on any atom is 0.308 e. The van der Waals surface area contributed by atoms with Gasteiger partial charge in [0.25, 0.3) is 0 Å². The molecule has 0 aromatic heterocycles. The van der Waals surface area contributed by atoms with Crippen molar-refractivity contribution in [3.05, 3.63) is 0 Å². The molecule has 160 valence electrons. The van der Waals surface area contributed by atoms with Crippen LogP contribution in [0, 0.1) is 17.3 Å². The highest BCUT2D eigenvalue weighted by Crippen LogP contribution is 2.22. The van der Waals surface area contributed by atoms with Crippen molar-refractivity contribution in [2.45, 2.75) is 79.1 Å². The predicted molar refractivity (Wildman–Crippen MR) is 105 cm³/mol. The van der Waals surface area contributed by atoms with Gasteiger partial charge in [0.05, 0.1) is 30.5 Å². The molecule has 0 bridgehead atoms. The number of esters is 2. The molecule has 6 heteroatoms. The molecule has 2 unspecified atom stereocenters. The van der Waals surface area contributed by atoms with Crippen LogP contribution in [0.1, 0.15) is 79.1 Å². The minimum absolute atomic E-state index is 0.166. The summed E-state index contributed by atoms with van der Waals surface area (Å²) in [6.07, 6.45) is 6.83. The molecule has 0 aromatic carbocycles. The van der Waals surface area contributed by atoms with Gasteiger partial charge in [-0.2, -0.15) is 0 Å². The molecule has 0 aromatic rings. The Hall–Kier alpha value is -1.14. The van der Waals surface area contributed by atoms with Crippen LogP contribution in [-0.2, 0) is 19.1 Å². The minimum atomic E-state index is -1.17. The largest absolute Gasteiger partial charge is 0.465 e. The van der Waals surface area contributed by atoms with Crippen LogP contribution in [-0.4, -0.2) is 48.6 Å². The second-order valence-corrected chi connectivity index (χ2v) is 7.53. The summed E-state index contributed by atoms with van der Waals surface area (Å²) in [6.45, 7) is 6.83. The van der Waals surface area contributed by atoms with Gasteiger partial charge in [0.1, 0.15) is 13.2 Å². The molecule has 0 aliphatic carbocycles. The van der Waals surface area contributed by atoms with E-state index in [2.05, 4.69) is 13.8 Å². The van der Waals surface area contributed by atoms with Crippen molar-refractivity contribution in [2.75, 3.05) is 26.4 Å². The quantitative estimate of drug-likeness (QED) is 0.393. The van der Waals surface area contributed by atoms with Gasteiger partial charge in [0.2, 0.25) is 0 Å². The standard InChI is InChI=1S/C21H40O6/c1-5-9-11-17(7-3)19(24)26-15-21(13-22,14-23)16-27-20(25)18(8-4)12-10-6-2/h17-18,22-23H,5-16H2,1-4H3. The smallest absolute Gasteiger partial charge is 0.308 e. The van der Waals surface area contributed by atoms with Gasteiger partial charge in [-0.15, -0.1) is 0 Å². The van der Waals surface area contributed by atoms with Crippen LogP contribution >= 0.6 is 0 Å². The Bertz CT molecular complexity index is 371. The van der Waals surface area contributed by atoms with Gasteiger partial charge >= 0.3 is 11.9 Å². The van der Waals surface area contributed by atoms with Crippen LogP contribution in [0.3, 0.4) is 0 Å². The third-order valence-corrected chi connectivity index (χ3v) is 5.18. The van der Waals surface area contributed by atoms with Crippen LogP contribution in [0.25, 0.3) is 0 Å². The average molecular weight is 389 g/mol. The molecule has 2 N–H and O–H groups in total. The number of hydrogen-bond acceptors (Lipinski definition) is 6. The fraction of sp³-hybridized carbons (Fsp3) is 0.905. The summed E-state index contributed by atoms with van der Waals surface area (Å²) in [5, 5.41) is 19.5. The van der Waals surface area contributed by atoms with Crippen LogP contribution < -0.4 is 0 Å². The topological polar surface area (TPSA) is 93.1 Å². The van der Waals surface area contributed by atoms with E-state index >= 15 is 0 Å². The van der Waals surface area contributed by atoms with Gasteiger partial charge in [-0.05, 0) is 25.7 Å². The van der Waals surface area contributed by atoms with Gasteiger partial charge in [-0.25, -0.2) is 0 Å². The summed E-state index contributed by atoms with van der Waals surface area (Å²) in [5.74, 6) is -1.00. The van der Waals surface area contributed by atoms with Crippen molar-refractivity contribution >= 4 is 11.9 Å². The first-order valence-electron chi connectivity index (χ1n) is 10.5. The van der Waals surface area contributed by atoms with Crippen molar-refractivity contribution in [3.8, 4) is 0 Å². The molecule has 27 heavy (non-hydrogen) atoms. The molecule has 0 aliphatic rings. The first-order chi connectivity index (χ1) is 12.9. The lowest BCUT2D eigenvalue weighted by atomic mass is 9.92. The maximum absolute atomic E-state index is 12.3. The predicted octanol–water partition coefficient (Wildman–Crippen LogP) is 3.48. The fourth-order valence-corrected chi connectivity index (χ4v) is 2.84. The molecule has 0 spiro atoms. The van der Waals surface area contributed by atoms with E-state index in [1.165, 1.54) is 0 Å². The number of unbranched alkanes of at least 4 members (excludes halogenated alkanes) is 2. The number of carbonyl (C=O) groups is 2. The molecule has 0 fully saturated rings. The molecular formula is C21H40O6. The summed E-state index contributed by atoms with van der Waals surface area (Å²) in [6, 6.07) is 0. The molecule has 0 rings (SSSR count). The Morgan fingerprint density at radius 2 is 1.15 bits per heavy atom. The first-order valence-corrected chi connectivity index (χ1v) is 10.5. The SMILES string of the molecule is CCCCC(CC)C(=O)OCC(CO)(CO)COC(=O)C(CC)CCCC. The van der Waals surface area contributed by atoms with Crippen LogP contribution in [0.5, 0.6) is 0 Å². The van der Waals surface area contributed by atoms with Crippen LogP contribution in [0.15, 0.2) is 0 Å². The zero-order valence-corrected chi connectivity index (χ0v) is 17.7. The Kier molecular flexibility index (Phi) is 14.2. The van der Waals surface area contributed by atoms with E-state index in [0.29, 0.717) is 12.8 Å². The normalized spacial score (nSPS) is 13.9. The van der Waals surface area contributed by atoms with Crippen molar-refractivity contribution in [1.29, 1.82) is 0 Å². The number of rotatable bonds is 16. The Balaban J connectivity index is 4.73. The van der Waals surface area contributed by atoms with Crippen molar-refractivity contribution in [2.24, 2.45) is 17.3 Å². The zero-order chi connectivity index (χ0) is 20.7. The maximum atomic E-state index is 12.3. The summed E-state index contributed by atoms with van der Waals surface area (Å²) in [4.78, 5) is 24.6. The van der Waals surface area contributed by atoms with Gasteiger partial charge in [-0.3, -0.25) is 9.59 Å². The van der Waals surface area contributed by atoms with E-state index in [9.17, 15) is 19.8 Å². The summed E-state index contributed by atoms with van der Waals surface area (Å²) < 4.78 is 10.7. The van der Waals surface area contributed by atoms with E-state index in [1.807, 2.05) is 13.8 Å². The number of aliphatic hydroxyl groups is 2. The highest BCUT2D eigenvalue weighted by molar-refractivity contribution is 5.73. The molecular weight excluding hydrogens is 348 g/mol. The van der Waals surface area contributed by atoms with E-state index in [1.54, 1.807) is 0 Å². The molecule has 0 saturated heterocycles. The monoisotopic (exact) mass is 388 g/mol. The van der Waals surface area contributed by atoms with E-state index < -0.39 is 18.6 Å². The van der Waals surface area contributed by atoms with E-state index in [-0.39, 0.29) is 37.0 Å². The summed E-state index contributed by atoms with van der Waals surface area (Å²) in [7, 11) is 0. The van der Waals surface area contributed by atoms with Crippen molar-refractivity contribution < 1.29 is 29.3 Å². The van der Waals surface area contributed by atoms with E-state index in [4.69, 9.17) is 9.47 Å². The zero-order valence-electron chi connectivity index (χ0n) is 17.7. The summed E-state index contributed by atoms with van der Waals surface area (Å²) >= 11 is 0. The second kappa shape index (κ2) is 14.9. The molecule has 2 atom stereocenters. The van der Waals surface area contributed by atoms with Crippen molar-refractivity contribution in [3.63, 3.8) is 0 Å². The second-order valence-electron chi connectivity index (χ2n) is 7.53. The Morgan fingerprint density at radius 3 is 1.41 bits per heavy atom. The lowest BCUT2D eigenvalue weighted by Gasteiger charge is -2.30. The Labute approximate surface area is 164 Å². The third kappa shape index (κ3) is 9.56. The molecule has 6 nitrogen and oxygen atoms in total. The molecule has 0 saturated carbocycles. The van der Waals surface area contributed by atoms with Crippen molar-refractivity contribution in [1.82, 2.24) is 0 Å². The van der Waals surface area contributed by atoms with E-state index in [0.717, 1.165) is 38.5 Å². The minimum Gasteiger partial charge on any atom is -0.465 e. The van der Waals surface area contributed by atoms with Crippen LogP contribution in [0.4, 0.5) is 0 Å². The van der Waals surface area contributed by atoms with Gasteiger partial charge in [0, 0.05) is 0 Å². The van der Waals surface area contributed by atoms with Gasteiger partial charge in [-0.1, -0.05) is 53.4 Å². The average Bonchev–Trinajstić information content (AvgIpc) is 2.69. The van der Waals surface area contributed by atoms with Gasteiger partial charge in [0.15, 0.2) is 0 Å². The Morgan fingerprint density at radius 1 is 0.778 bits per heavy atom. The number of ether oxygens (including phenoxy) is 2. The lowest BCUT2D eigenvalue weighted by molar-refractivity contribution is -0.164. The first kappa shape index (κ1) is 25.9. The molecule has 0 heterocycles. The summed E-state index contributed by atoms with van der Waals surface area (Å²) in [5.41, 5.74) is -1.17. The van der Waals surface area contributed by atoms with Gasteiger partial charge < -0.3 is 19.7 Å². The number of aliphatic hydroxyl groups excluding tert-OH is 2. The lowest BCUT2D eigenvalue weighted by Crippen LogP contribution is -2.42. The van der Waals surface area contributed by atoms with Crippen LogP contribution in [0.2, 0.25) is 0 Å². The fourth-order valence-electron chi connectivity index (χ4n) is 2.84. The third-order valence-electron chi connectivity index (χ3n) is 5.18. The molecule has 0 radical (unpaired) electrons. The number of carbonyl (C=O) groups excluding carboxylic acids is 2. The highest BCUT2D eigenvalue weighted by Gasteiger charge is 2.34. The number of hydrogen-bond donors (Lipinski definition) is 2. The highest BCUT2D eigenvalue weighted by atomic mass is 16.6.